The van der Waals surface area contributed by atoms with Crippen LogP contribution in [0, 0.1) is 0 Å². The average Bonchev–Trinajstić information content (AvgIpc) is 2.48. The lowest BCUT2D eigenvalue weighted by atomic mass is 10.2. The topological polar surface area (TPSA) is 64.6 Å². The summed E-state index contributed by atoms with van der Waals surface area (Å²) in [7, 11) is 1.48. The van der Waals surface area contributed by atoms with Gasteiger partial charge in [0.25, 0.3) is 5.91 Å². The Labute approximate surface area is 133 Å². The van der Waals surface area contributed by atoms with Crippen LogP contribution in [0.4, 0.5) is 0 Å². The van der Waals surface area contributed by atoms with Crippen molar-refractivity contribution in [3.05, 3.63) is 22.2 Å². The molecule has 5 nitrogen and oxygen atoms in total. The van der Waals surface area contributed by atoms with E-state index >= 15 is 0 Å². The summed E-state index contributed by atoms with van der Waals surface area (Å²) in [6, 6.07) is 3.18. The summed E-state index contributed by atoms with van der Waals surface area (Å²) in [5.41, 5.74) is 0.464. The van der Waals surface area contributed by atoms with E-state index in [1.807, 2.05) is 0 Å². The predicted molar refractivity (Wildman–Crippen MR) is 84.1 cm³/mol. The normalized spacial score (nSPS) is 11.6. The van der Waals surface area contributed by atoms with Crippen LogP contribution in [0.1, 0.15) is 37.0 Å². The van der Waals surface area contributed by atoms with Gasteiger partial charge in [0, 0.05) is 12.1 Å². The fourth-order valence-electron chi connectivity index (χ4n) is 1.68. The highest BCUT2D eigenvalue weighted by atomic mass is 79.9. The van der Waals surface area contributed by atoms with Gasteiger partial charge >= 0.3 is 0 Å². The summed E-state index contributed by atoms with van der Waals surface area (Å²) < 4.78 is 11.4. The molecule has 1 unspecified atom stereocenters. The smallest absolute Gasteiger partial charge is 0.260 e. The number of hydrogen-bond acceptors (Lipinski definition) is 4. The molecule has 1 amide bonds. The molecule has 1 rings (SSSR count). The zero-order chi connectivity index (χ0) is 15.8. The lowest BCUT2D eigenvalue weighted by molar-refractivity contribution is -0.127. The summed E-state index contributed by atoms with van der Waals surface area (Å²) in [6.45, 7) is 4.36. The summed E-state index contributed by atoms with van der Waals surface area (Å²) in [5, 5.41) is 2.81. The second kappa shape index (κ2) is 8.67. The minimum Gasteiger partial charge on any atom is -0.493 e. The molecule has 0 aliphatic rings. The van der Waals surface area contributed by atoms with Gasteiger partial charge in [0.1, 0.15) is 6.29 Å². The first-order valence-electron chi connectivity index (χ1n) is 6.80. The van der Waals surface area contributed by atoms with Gasteiger partial charge in [-0.1, -0.05) is 13.3 Å². The van der Waals surface area contributed by atoms with Crippen LogP contribution in [0.3, 0.4) is 0 Å². The van der Waals surface area contributed by atoms with Crippen LogP contribution < -0.4 is 14.8 Å². The van der Waals surface area contributed by atoms with Crippen molar-refractivity contribution in [2.24, 2.45) is 0 Å². The molecule has 1 aromatic carbocycles. The van der Waals surface area contributed by atoms with Crippen molar-refractivity contribution in [3.8, 4) is 11.5 Å². The highest BCUT2D eigenvalue weighted by Crippen LogP contribution is 2.36. The summed E-state index contributed by atoms with van der Waals surface area (Å²) in [4.78, 5) is 22.7. The third kappa shape index (κ3) is 5.04. The maximum atomic E-state index is 11.9. The molecule has 0 aliphatic heterocycles. The molecular weight excluding hydrogens is 338 g/mol. The number of amides is 1. The molecule has 1 N–H and O–H groups in total. The molecular formula is C15H20BrNO4. The molecule has 1 aromatic rings. The largest absolute Gasteiger partial charge is 0.493 e. The molecule has 0 bridgehead atoms. The van der Waals surface area contributed by atoms with Gasteiger partial charge in [0.15, 0.2) is 17.6 Å². The Bertz CT molecular complexity index is 505. The number of hydrogen-bond donors (Lipinski definition) is 1. The maximum absolute atomic E-state index is 11.9. The van der Waals surface area contributed by atoms with Gasteiger partial charge in [-0.05, 0) is 41.4 Å². The summed E-state index contributed by atoms with van der Waals surface area (Å²) in [5.74, 6) is 0.623. The monoisotopic (exact) mass is 357 g/mol. The Hall–Kier alpha value is -1.56. The Morgan fingerprint density at radius 3 is 2.76 bits per heavy atom. The lowest BCUT2D eigenvalue weighted by Crippen LogP contribution is -2.36. The second-order valence-corrected chi connectivity index (χ2v) is 5.41. The Morgan fingerprint density at radius 1 is 1.48 bits per heavy atom. The van der Waals surface area contributed by atoms with E-state index in [9.17, 15) is 9.59 Å². The molecule has 0 radical (unpaired) electrons. The summed E-state index contributed by atoms with van der Waals surface area (Å²) in [6.07, 6.45) is 2.01. The number of unbranched alkanes of at least 4 members (excludes halogenated alkanes) is 1. The predicted octanol–water partition coefficient (Wildman–Crippen LogP) is 2.95. The van der Waals surface area contributed by atoms with Gasteiger partial charge < -0.3 is 14.8 Å². The molecule has 0 saturated carbocycles. The molecule has 0 heterocycles. The van der Waals surface area contributed by atoms with Crippen LogP contribution in [0.2, 0.25) is 0 Å². The molecule has 0 aromatic heterocycles. The van der Waals surface area contributed by atoms with E-state index in [2.05, 4.69) is 28.2 Å². The Balaban J connectivity index is 2.81. The number of halogens is 1. The van der Waals surface area contributed by atoms with Crippen molar-refractivity contribution < 1.29 is 19.1 Å². The van der Waals surface area contributed by atoms with Crippen LogP contribution >= 0.6 is 15.9 Å². The number of carbonyl (C=O) groups excluding carboxylic acids is 2. The van der Waals surface area contributed by atoms with Gasteiger partial charge in [-0.15, -0.1) is 0 Å². The van der Waals surface area contributed by atoms with Crippen LogP contribution in [-0.4, -0.2) is 32.0 Å². The van der Waals surface area contributed by atoms with Crippen molar-refractivity contribution >= 4 is 28.1 Å². The molecule has 116 valence electrons. The Morgan fingerprint density at radius 2 is 2.19 bits per heavy atom. The number of benzene rings is 1. The SMILES string of the molecule is CCCCNC(=O)C(C)Oc1c(Br)cc(C=O)cc1OC. The van der Waals surface area contributed by atoms with Crippen LogP contribution in [0.5, 0.6) is 11.5 Å². The molecule has 0 aliphatic carbocycles. The third-order valence-electron chi connectivity index (χ3n) is 2.88. The summed E-state index contributed by atoms with van der Waals surface area (Å²) >= 11 is 3.33. The highest BCUT2D eigenvalue weighted by molar-refractivity contribution is 9.10. The molecule has 0 spiro atoms. The number of nitrogens with one attached hydrogen (secondary N) is 1. The van der Waals surface area contributed by atoms with Crippen molar-refractivity contribution in [2.45, 2.75) is 32.8 Å². The minimum atomic E-state index is -0.658. The second-order valence-electron chi connectivity index (χ2n) is 4.56. The van der Waals surface area contributed by atoms with Gasteiger partial charge in [0.05, 0.1) is 11.6 Å². The van der Waals surface area contributed by atoms with Crippen molar-refractivity contribution in [1.82, 2.24) is 5.32 Å². The fraction of sp³-hybridized carbons (Fsp3) is 0.467. The van der Waals surface area contributed by atoms with E-state index in [1.165, 1.54) is 7.11 Å². The first-order chi connectivity index (χ1) is 10.0. The molecule has 0 saturated heterocycles. The van der Waals surface area contributed by atoms with Crippen molar-refractivity contribution in [1.29, 1.82) is 0 Å². The van der Waals surface area contributed by atoms with Gasteiger partial charge in [-0.2, -0.15) is 0 Å². The zero-order valence-electron chi connectivity index (χ0n) is 12.4. The van der Waals surface area contributed by atoms with E-state index in [-0.39, 0.29) is 5.91 Å². The van der Waals surface area contributed by atoms with Crippen LogP contribution in [0.25, 0.3) is 0 Å². The van der Waals surface area contributed by atoms with Gasteiger partial charge in [-0.3, -0.25) is 9.59 Å². The maximum Gasteiger partial charge on any atom is 0.260 e. The highest BCUT2D eigenvalue weighted by Gasteiger charge is 2.19. The Kier molecular flexibility index (Phi) is 7.22. The van der Waals surface area contributed by atoms with Crippen molar-refractivity contribution in [3.63, 3.8) is 0 Å². The number of methoxy groups -OCH3 is 1. The van der Waals surface area contributed by atoms with E-state index < -0.39 is 6.10 Å². The first kappa shape index (κ1) is 17.5. The van der Waals surface area contributed by atoms with Gasteiger partial charge in [-0.25, -0.2) is 0 Å². The number of carbonyl (C=O) groups is 2. The molecule has 1 atom stereocenters. The number of aldehydes is 1. The molecule has 6 heteroatoms. The minimum absolute atomic E-state index is 0.183. The lowest BCUT2D eigenvalue weighted by Gasteiger charge is -2.18. The fourth-order valence-corrected chi connectivity index (χ4v) is 2.24. The van der Waals surface area contributed by atoms with Crippen molar-refractivity contribution in [2.75, 3.05) is 13.7 Å². The van der Waals surface area contributed by atoms with E-state index in [0.717, 1.165) is 19.1 Å². The quantitative estimate of drug-likeness (QED) is 0.573. The van der Waals surface area contributed by atoms with Crippen LogP contribution in [-0.2, 0) is 4.79 Å². The number of ether oxygens (including phenoxy) is 2. The van der Waals surface area contributed by atoms with Crippen LogP contribution in [0.15, 0.2) is 16.6 Å². The number of rotatable bonds is 8. The van der Waals surface area contributed by atoms with E-state index in [4.69, 9.17) is 9.47 Å². The average molecular weight is 358 g/mol. The van der Waals surface area contributed by atoms with E-state index in [0.29, 0.717) is 28.1 Å². The molecule has 21 heavy (non-hydrogen) atoms. The first-order valence-corrected chi connectivity index (χ1v) is 7.59. The molecule has 0 fully saturated rings. The third-order valence-corrected chi connectivity index (χ3v) is 3.47. The van der Waals surface area contributed by atoms with Gasteiger partial charge in [0.2, 0.25) is 0 Å². The standard InChI is InChI=1S/C15H20BrNO4/c1-4-5-6-17-15(19)10(2)21-14-12(16)7-11(9-18)8-13(14)20-3/h7-10H,4-6H2,1-3H3,(H,17,19). The zero-order valence-corrected chi connectivity index (χ0v) is 14.0. The van der Waals surface area contributed by atoms with E-state index in [1.54, 1.807) is 19.1 Å².